The van der Waals surface area contributed by atoms with E-state index < -0.39 is 0 Å². The monoisotopic (exact) mass is 411 g/mol. The van der Waals surface area contributed by atoms with Gasteiger partial charge in [0.05, 0.1) is 18.7 Å². The SMILES string of the molecule is COc1ccc2cc(CN(C[C@@H]3CCCO3)C(=O)C(C)C)c(N3CCCC3)nc2c1. The van der Waals surface area contributed by atoms with E-state index in [9.17, 15) is 4.79 Å². The summed E-state index contributed by atoms with van der Waals surface area (Å²) in [7, 11) is 1.68. The smallest absolute Gasteiger partial charge is 0.225 e. The lowest BCUT2D eigenvalue weighted by molar-refractivity contribution is -0.136. The number of pyridine rings is 1. The highest BCUT2D eigenvalue weighted by Gasteiger charge is 2.27. The number of ether oxygens (including phenoxy) is 2. The van der Waals surface area contributed by atoms with Crippen LogP contribution >= 0.6 is 0 Å². The minimum atomic E-state index is -0.0423. The molecule has 0 radical (unpaired) electrons. The zero-order valence-electron chi connectivity index (χ0n) is 18.4. The third-order valence-corrected chi connectivity index (χ3v) is 6.10. The Kier molecular flexibility index (Phi) is 6.42. The lowest BCUT2D eigenvalue weighted by Crippen LogP contribution is -2.39. The van der Waals surface area contributed by atoms with Gasteiger partial charge in [0.1, 0.15) is 11.6 Å². The van der Waals surface area contributed by atoms with Crippen molar-refractivity contribution in [2.45, 2.75) is 52.2 Å². The van der Waals surface area contributed by atoms with Crippen molar-refractivity contribution < 1.29 is 14.3 Å². The first-order valence-corrected chi connectivity index (χ1v) is 11.2. The summed E-state index contributed by atoms with van der Waals surface area (Å²) in [4.78, 5) is 22.4. The van der Waals surface area contributed by atoms with Crippen LogP contribution in [0.15, 0.2) is 24.3 Å². The second kappa shape index (κ2) is 9.21. The molecule has 2 aromatic rings. The predicted octanol–water partition coefficient (Wildman–Crippen LogP) is 4.01. The fraction of sp³-hybridized carbons (Fsp3) is 0.583. The Morgan fingerprint density at radius 1 is 1.27 bits per heavy atom. The summed E-state index contributed by atoms with van der Waals surface area (Å²) in [5.41, 5.74) is 2.04. The van der Waals surface area contributed by atoms with Crippen molar-refractivity contribution in [3.8, 4) is 5.75 Å². The quantitative estimate of drug-likeness (QED) is 0.689. The average molecular weight is 412 g/mol. The Balaban J connectivity index is 1.70. The van der Waals surface area contributed by atoms with Gasteiger partial charge in [-0.2, -0.15) is 0 Å². The predicted molar refractivity (Wildman–Crippen MR) is 119 cm³/mol. The highest BCUT2D eigenvalue weighted by atomic mass is 16.5. The molecule has 0 N–H and O–H groups in total. The van der Waals surface area contributed by atoms with E-state index in [2.05, 4.69) is 11.0 Å². The van der Waals surface area contributed by atoms with Gasteiger partial charge in [-0.15, -0.1) is 0 Å². The third kappa shape index (κ3) is 4.53. The maximum absolute atomic E-state index is 13.0. The summed E-state index contributed by atoms with van der Waals surface area (Å²) in [6, 6.07) is 8.20. The molecule has 0 spiro atoms. The van der Waals surface area contributed by atoms with Crippen molar-refractivity contribution >= 4 is 22.6 Å². The lowest BCUT2D eigenvalue weighted by Gasteiger charge is -2.29. The highest BCUT2D eigenvalue weighted by molar-refractivity contribution is 5.84. The number of hydrogen-bond donors (Lipinski definition) is 0. The van der Waals surface area contributed by atoms with Gasteiger partial charge in [-0.1, -0.05) is 13.8 Å². The molecule has 2 saturated heterocycles. The molecular formula is C24H33N3O3. The van der Waals surface area contributed by atoms with E-state index in [0.717, 1.165) is 60.6 Å². The summed E-state index contributed by atoms with van der Waals surface area (Å²) < 4.78 is 11.2. The Morgan fingerprint density at radius 2 is 2.07 bits per heavy atom. The molecule has 0 saturated carbocycles. The molecule has 1 atom stereocenters. The summed E-state index contributed by atoms with van der Waals surface area (Å²) in [5.74, 6) is 1.94. The van der Waals surface area contributed by atoms with Crippen LogP contribution in [0.4, 0.5) is 5.82 Å². The number of benzene rings is 1. The molecule has 4 rings (SSSR count). The number of nitrogens with zero attached hydrogens (tertiary/aromatic N) is 3. The molecule has 6 heteroatoms. The number of anilines is 1. The average Bonchev–Trinajstić information content (AvgIpc) is 3.46. The van der Waals surface area contributed by atoms with Crippen LogP contribution < -0.4 is 9.64 Å². The number of carbonyl (C=O) groups excluding carboxylic acids is 1. The largest absolute Gasteiger partial charge is 0.497 e. The van der Waals surface area contributed by atoms with Crippen LogP contribution in [-0.4, -0.2) is 55.2 Å². The first-order valence-electron chi connectivity index (χ1n) is 11.2. The minimum absolute atomic E-state index is 0.0423. The second-order valence-electron chi connectivity index (χ2n) is 8.73. The van der Waals surface area contributed by atoms with Gasteiger partial charge in [-0.05, 0) is 43.9 Å². The first kappa shape index (κ1) is 20.9. The zero-order valence-corrected chi connectivity index (χ0v) is 18.4. The van der Waals surface area contributed by atoms with Gasteiger partial charge in [0, 0.05) is 55.7 Å². The van der Waals surface area contributed by atoms with Gasteiger partial charge >= 0.3 is 0 Å². The molecule has 1 amide bonds. The van der Waals surface area contributed by atoms with Crippen LogP contribution in [0.2, 0.25) is 0 Å². The third-order valence-electron chi connectivity index (χ3n) is 6.10. The second-order valence-corrected chi connectivity index (χ2v) is 8.73. The molecule has 1 aromatic heterocycles. The van der Waals surface area contributed by atoms with E-state index in [4.69, 9.17) is 14.5 Å². The molecule has 30 heavy (non-hydrogen) atoms. The number of fused-ring (bicyclic) bond motifs is 1. The van der Waals surface area contributed by atoms with Crippen molar-refractivity contribution in [2.24, 2.45) is 5.92 Å². The van der Waals surface area contributed by atoms with E-state index >= 15 is 0 Å². The maximum Gasteiger partial charge on any atom is 0.225 e. The van der Waals surface area contributed by atoms with Crippen LogP contribution in [0.3, 0.4) is 0 Å². The molecule has 1 aromatic carbocycles. The molecule has 6 nitrogen and oxygen atoms in total. The van der Waals surface area contributed by atoms with Gasteiger partial charge in [0.2, 0.25) is 5.91 Å². The van der Waals surface area contributed by atoms with Crippen molar-refractivity contribution in [1.29, 1.82) is 0 Å². The van der Waals surface area contributed by atoms with Gasteiger partial charge < -0.3 is 19.3 Å². The van der Waals surface area contributed by atoms with Crippen molar-refractivity contribution in [3.63, 3.8) is 0 Å². The maximum atomic E-state index is 13.0. The van der Waals surface area contributed by atoms with Gasteiger partial charge in [0.25, 0.3) is 0 Å². The minimum Gasteiger partial charge on any atom is -0.497 e. The van der Waals surface area contributed by atoms with Gasteiger partial charge in [-0.25, -0.2) is 4.98 Å². The van der Waals surface area contributed by atoms with E-state index in [1.54, 1.807) is 7.11 Å². The van der Waals surface area contributed by atoms with Crippen molar-refractivity contribution in [2.75, 3.05) is 38.3 Å². The van der Waals surface area contributed by atoms with E-state index in [0.29, 0.717) is 13.1 Å². The van der Waals surface area contributed by atoms with E-state index in [-0.39, 0.29) is 17.9 Å². The number of hydrogen-bond acceptors (Lipinski definition) is 5. The topological polar surface area (TPSA) is 54.9 Å². The van der Waals surface area contributed by atoms with Crippen molar-refractivity contribution in [3.05, 3.63) is 29.8 Å². The molecular weight excluding hydrogens is 378 g/mol. The van der Waals surface area contributed by atoms with E-state index in [1.165, 1.54) is 12.8 Å². The molecule has 0 bridgehead atoms. The molecule has 2 fully saturated rings. The van der Waals surface area contributed by atoms with Crippen LogP contribution in [-0.2, 0) is 16.1 Å². The Bertz CT molecular complexity index is 887. The molecule has 162 valence electrons. The normalized spacial score (nSPS) is 19.1. The standard InChI is InChI=1S/C24H33N3O3/c1-17(2)24(28)27(16-21-7-6-12-30-21)15-19-13-18-8-9-20(29-3)14-22(18)25-23(19)26-10-4-5-11-26/h8-9,13-14,17,21H,4-7,10-12,15-16H2,1-3H3/t21-/m0/s1. The molecule has 2 aliphatic rings. The lowest BCUT2D eigenvalue weighted by atomic mass is 10.1. The number of methoxy groups -OCH3 is 1. The number of aromatic nitrogens is 1. The van der Waals surface area contributed by atoms with Gasteiger partial charge in [-0.3, -0.25) is 4.79 Å². The van der Waals surface area contributed by atoms with E-state index in [1.807, 2.05) is 36.9 Å². The van der Waals surface area contributed by atoms with Crippen LogP contribution in [0.1, 0.15) is 45.1 Å². The van der Waals surface area contributed by atoms with Crippen LogP contribution in [0, 0.1) is 5.92 Å². The molecule has 0 unspecified atom stereocenters. The fourth-order valence-electron chi connectivity index (χ4n) is 4.46. The zero-order chi connectivity index (χ0) is 21.1. The molecule has 2 aliphatic heterocycles. The first-order chi connectivity index (χ1) is 14.5. The highest BCUT2D eigenvalue weighted by Crippen LogP contribution is 2.30. The number of amides is 1. The molecule has 0 aliphatic carbocycles. The van der Waals surface area contributed by atoms with Gasteiger partial charge in [0.15, 0.2) is 0 Å². The summed E-state index contributed by atoms with van der Waals surface area (Å²) >= 11 is 0. The Hall–Kier alpha value is -2.34. The molecule has 3 heterocycles. The fourth-order valence-corrected chi connectivity index (χ4v) is 4.46. The Morgan fingerprint density at radius 3 is 2.73 bits per heavy atom. The number of rotatable bonds is 7. The summed E-state index contributed by atoms with van der Waals surface area (Å²) in [5, 5.41) is 1.07. The number of carbonyl (C=O) groups is 1. The van der Waals surface area contributed by atoms with Crippen LogP contribution in [0.25, 0.3) is 10.9 Å². The van der Waals surface area contributed by atoms with Crippen LogP contribution in [0.5, 0.6) is 5.75 Å². The Labute approximate surface area is 179 Å². The summed E-state index contributed by atoms with van der Waals surface area (Å²) in [6.45, 7) is 7.98. The summed E-state index contributed by atoms with van der Waals surface area (Å²) in [6.07, 6.45) is 4.60. The van der Waals surface area contributed by atoms with Crippen molar-refractivity contribution in [1.82, 2.24) is 9.88 Å².